The molecule has 0 aliphatic carbocycles. The molecule has 0 bridgehead atoms. The molecule has 0 unspecified atom stereocenters. The zero-order valence-corrected chi connectivity index (χ0v) is 7.84. The maximum Gasteiger partial charge on any atom is 0.126 e. The molecular formula is C10H14FNO. The maximum absolute atomic E-state index is 12.6. The average Bonchev–Trinajstić information content (AvgIpc) is 2.02. The van der Waals surface area contributed by atoms with Crippen molar-refractivity contribution in [3.63, 3.8) is 0 Å². The first-order valence-electron chi connectivity index (χ1n) is 4.30. The van der Waals surface area contributed by atoms with Crippen LogP contribution in [0.4, 0.5) is 4.39 Å². The Kier molecular flexibility index (Phi) is 3.25. The van der Waals surface area contributed by atoms with Crippen LogP contribution >= 0.6 is 0 Å². The molecule has 2 N–H and O–H groups in total. The van der Waals surface area contributed by atoms with Crippen LogP contribution in [0.5, 0.6) is 5.75 Å². The Morgan fingerprint density at radius 3 is 2.69 bits per heavy atom. The Labute approximate surface area is 77.4 Å². The highest BCUT2D eigenvalue weighted by Gasteiger charge is 2.02. The second-order valence-electron chi connectivity index (χ2n) is 3.31. The fraction of sp³-hybridized carbons (Fsp3) is 0.400. The van der Waals surface area contributed by atoms with Crippen LogP contribution in [0.2, 0.25) is 0 Å². The van der Waals surface area contributed by atoms with Crippen LogP contribution in [0.1, 0.15) is 19.4 Å². The Balaban J connectivity index is 2.67. The molecule has 1 aromatic carbocycles. The molecule has 0 amide bonds. The fourth-order valence-electron chi connectivity index (χ4n) is 1.00. The van der Waals surface area contributed by atoms with Gasteiger partial charge in [-0.25, -0.2) is 4.39 Å². The summed E-state index contributed by atoms with van der Waals surface area (Å²) in [5.41, 5.74) is 0.718. The molecule has 2 nitrogen and oxygen atoms in total. The summed E-state index contributed by atoms with van der Waals surface area (Å²) in [7, 11) is 0. The number of hydrogen-bond donors (Lipinski definition) is 2. The minimum Gasteiger partial charge on any atom is -0.508 e. The predicted molar refractivity (Wildman–Crippen MR) is 50.0 cm³/mol. The molecule has 0 aromatic heterocycles. The molecule has 1 aromatic rings. The molecule has 0 saturated heterocycles. The van der Waals surface area contributed by atoms with Gasteiger partial charge in [0, 0.05) is 24.2 Å². The summed E-state index contributed by atoms with van der Waals surface area (Å²) >= 11 is 0. The van der Waals surface area contributed by atoms with E-state index in [0.717, 1.165) is 11.6 Å². The topological polar surface area (TPSA) is 32.3 Å². The summed E-state index contributed by atoms with van der Waals surface area (Å²) in [5, 5.41) is 12.5. The summed E-state index contributed by atoms with van der Waals surface area (Å²) in [4.78, 5) is 0. The van der Waals surface area contributed by atoms with Crippen LogP contribution in [0, 0.1) is 5.82 Å². The molecule has 0 saturated carbocycles. The van der Waals surface area contributed by atoms with Crippen LogP contribution < -0.4 is 5.32 Å². The van der Waals surface area contributed by atoms with Gasteiger partial charge in [-0.2, -0.15) is 0 Å². The smallest absolute Gasteiger partial charge is 0.126 e. The van der Waals surface area contributed by atoms with E-state index in [9.17, 15) is 9.50 Å². The van der Waals surface area contributed by atoms with Crippen molar-refractivity contribution in [2.24, 2.45) is 0 Å². The van der Waals surface area contributed by atoms with Gasteiger partial charge in [0.1, 0.15) is 11.6 Å². The molecule has 0 aliphatic rings. The second-order valence-corrected chi connectivity index (χ2v) is 3.31. The molecule has 3 heteroatoms. The van der Waals surface area contributed by atoms with Crippen molar-refractivity contribution in [3.05, 3.63) is 29.6 Å². The summed E-state index contributed by atoms with van der Waals surface area (Å²) in [6.45, 7) is 4.59. The van der Waals surface area contributed by atoms with E-state index in [1.165, 1.54) is 6.07 Å². The molecule has 13 heavy (non-hydrogen) atoms. The van der Waals surface area contributed by atoms with E-state index in [-0.39, 0.29) is 5.75 Å². The third kappa shape index (κ3) is 3.03. The monoisotopic (exact) mass is 183 g/mol. The Bertz CT molecular complexity index is 286. The van der Waals surface area contributed by atoms with Gasteiger partial charge in [0.15, 0.2) is 0 Å². The molecule has 0 atom stereocenters. The van der Waals surface area contributed by atoms with Gasteiger partial charge >= 0.3 is 0 Å². The van der Waals surface area contributed by atoms with Gasteiger partial charge in [0.25, 0.3) is 0 Å². The van der Waals surface area contributed by atoms with E-state index >= 15 is 0 Å². The highest BCUT2D eigenvalue weighted by atomic mass is 19.1. The van der Waals surface area contributed by atoms with Gasteiger partial charge in [-0.15, -0.1) is 0 Å². The van der Waals surface area contributed by atoms with Gasteiger partial charge < -0.3 is 10.4 Å². The predicted octanol–water partition coefficient (Wildman–Crippen LogP) is 2.03. The average molecular weight is 183 g/mol. The van der Waals surface area contributed by atoms with Crippen molar-refractivity contribution in [1.29, 1.82) is 0 Å². The van der Waals surface area contributed by atoms with E-state index in [4.69, 9.17) is 0 Å². The standard InChI is InChI=1S/C10H14FNO/c1-7(2)12-6-8-3-4-9(11)5-10(8)13/h3-5,7,12-13H,6H2,1-2H3. The normalized spacial score (nSPS) is 10.8. The van der Waals surface area contributed by atoms with E-state index in [2.05, 4.69) is 5.32 Å². The fourth-order valence-corrected chi connectivity index (χ4v) is 1.00. The number of benzene rings is 1. The minimum atomic E-state index is -0.411. The van der Waals surface area contributed by atoms with E-state index in [1.54, 1.807) is 6.07 Å². The van der Waals surface area contributed by atoms with Crippen molar-refractivity contribution >= 4 is 0 Å². The number of hydrogen-bond acceptors (Lipinski definition) is 2. The molecule has 72 valence electrons. The second kappa shape index (κ2) is 4.23. The Morgan fingerprint density at radius 1 is 1.46 bits per heavy atom. The van der Waals surface area contributed by atoms with Crippen LogP contribution in [0.3, 0.4) is 0 Å². The van der Waals surface area contributed by atoms with E-state index < -0.39 is 5.82 Å². The number of phenols is 1. The van der Waals surface area contributed by atoms with Crippen molar-refractivity contribution < 1.29 is 9.50 Å². The summed E-state index contributed by atoms with van der Waals surface area (Å²) in [6.07, 6.45) is 0. The van der Waals surface area contributed by atoms with Crippen LogP contribution in [0.15, 0.2) is 18.2 Å². The van der Waals surface area contributed by atoms with E-state index in [0.29, 0.717) is 12.6 Å². The molecule has 0 fully saturated rings. The van der Waals surface area contributed by atoms with Gasteiger partial charge in [0.05, 0.1) is 0 Å². The first-order chi connectivity index (χ1) is 6.09. The van der Waals surface area contributed by atoms with Crippen LogP contribution in [-0.2, 0) is 6.54 Å². The first kappa shape index (κ1) is 9.99. The summed E-state index contributed by atoms with van der Waals surface area (Å²) in [5.74, 6) is -0.404. The van der Waals surface area contributed by atoms with Crippen molar-refractivity contribution in [2.45, 2.75) is 26.4 Å². The lowest BCUT2D eigenvalue weighted by Crippen LogP contribution is -2.21. The molecule has 0 radical (unpaired) electrons. The SMILES string of the molecule is CC(C)NCc1ccc(F)cc1O. The van der Waals surface area contributed by atoms with Gasteiger partial charge in [0.2, 0.25) is 0 Å². The van der Waals surface area contributed by atoms with Crippen molar-refractivity contribution in [3.8, 4) is 5.75 Å². The zero-order valence-electron chi connectivity index (χ0n) is 7.84. The lowest BCUT2D eigenvalue weighted by Gasteiger charge is -2.09. The van der Waals surface area contributed by atoms with Crippen LogP contribution in [-0.4, -0.2) is 11.1 Å². The third-order valence-corrected chi connectivity index (χ3v) is 1.75. The quantitative estimate of drug-likeness (QED) is 0.751. The van der Waals surface area contributed by atoms with Gasteiger partial charge in [-0.1, -0.05) is 19.9 Å². The Morgan fingerprint density at radius 2 is 2.15 bits per heavy atom. The summed E-state index contributed by atoms with van der Waals surface area (Å²) in [6, 6.07) is 4.40. The number of aromatic hydroxyl groups is 1. The zero-order chi connectivity index (χ0) is 9.84. The number of rotatable bonds is 3. The molecule has 1 rings (SSSR count). The molecule has 0 spiro atoms. The number of halogens is 1. The highest BCUT2D eigenvalue weighted by molar-refractivity contribution is 5.32. The molecule has 0 aliphatic heterocycles. The minimum absolute atomic E-state index is 0.00755. The first-order valence-corrected chi connectivity index (χ1v) is 4.30. The van der Waals surface area contributed by atoms with Gasteiger partial charge in [-0.3, -0.25) is 0 Å². The Hall–Kier alpha value is -1.09. The largest absolute Gasteiger partial charge is 0.508 e. The molecular weight excluding hydrogens is 169 g/mol. The van der Waals surface area contributed by atoms with Gasteiger partial charge in [-0.05, 0) is 6.07 Å². The maximum atomic E-state index is 12.6. The molecule has 0 heterocycles. The number of nitrogens with one attached hydrogen (secondary N) is 1. The lowest BCUT2D eigenvalue weighted by molar-refractivity contribution is 0.455. The van der Waals surface area contributed by atoms with Crippen molar-refractivity contribution in [1.82, 2.24) is 5.32 Å². The highest BCUT2D eigenvalue weighted by Crippen LogP contribution is 2.17. The van der Waals surface area contributed by atoms with E-state index in [1.807, 2.05) is 13.8 Å². The van der Waals surface area contributed by atoms with Crippen molar-refractivity contribution in [2.75, 3.05) is 0 Å². The number of phenolic OH excluding ortho intramolecular Hbond substituents is 1. The third-order valence-electron chi connectivity index (χ3n) is 1.75. The van der Waals surface area contributed by atoms with Crippen LogP contribution in [0.25, 0.3) is 0 Å². The lowest BCUT2D eigenvalue weighted by atomic mass is 10.2. The summed E-state index contributed by atoms with van der Waals surface area (Å²) < 4.78 is 12.6.